The molecule has 17 heavy (non-hydrogen) atoms. The number of rotatable bonds is 7. The molecule has 1 rings (SSSR count). The van der Waals surface area contributed by atoms with Crippen molar-refractivity contribution in [2.75, 3.05) is 7.05 Å². The van der Waals surface area contributed by atoms with Crippen LogP contribution in [-0.4, -0.2) is 7.05 Å². The number of unbranched alkanes of at least 4 members (excludes halogenated alkanes) is 1. The van der Waals surface area contributed by atoms with Gasteiger partial charge in [-0.1, -0.05) is 61.2 Å². The summed E-state index contributed by atoms with van der Waals surface area (Å²) in [4.78, 5) is 0. The monoisotopic (exact) mass is 297 g/mol. The Balaban J connectivity index is 2.77. The molecule has 0 aliphatic heterocycles. The van der Waals surface area contributed by atoms with Gasteiger partial charge in [-0.05, 0) is 37.1 Å². The Kier molecular flexibility index (Phi) is 6.83. The van der Waals surface area contributed by atoms with Gasteiger partial charge in [0.2, 0.25) is 0 Å². The topological polar surface area (TPSA) is 12.0 Å². The van der Waals surface area contributed by atoms with Crippen LogP contribution >= 0.6 is 15.9 Å². The average Bonchev–Trinajstić information content (AvgIpc) is 2.36. The first-order valence-corrected chi connectivity index (χ1v) is 7.44. The lowest BCUT2D eigenvalue weighted by atomic mass is 9.87. The molecule has 0 saturated carbocycles. The molecule has 0 spiro atoms. The van der Waals surface area contributed by atoms with E-state index in [1.165, 1.54) is 31.2 Å². The van der Waals surface area contributed by atoms with Gasteiger partial charge in [-0.15, -0.1) is 0 Å². The third kappa shape index (κ3) is 4.44. The highest BCUT2D eigenvalue weighted by molar-refractivity contribution is 9.10. The molecule has 0 bridgehead atoms. The van der Waals surface area contributed by atoms with Crippen molar-refractivity contribution in [3.05, 3.63) is 34.3 Å². The van der Waals surface area contributed by atoms with E-state index in [2.05, 4.69) is 66.4 Å². The molecule has 0 amide bonds. The quantitative estimate of drug-likeness (QED) is 0.753. The van der Waals surface area contributed by atoms with E-state index in [-0.39, 0.29) is 0 Å². The Morgan fingerprint density at radius 1 is 1.18 bits per heavy atom. The molecule has 2 unspecified atom stereocenters. The summed E-state index contributed by atoms with van der Waals surface area (Å²) in [7, 11) is 2.07. The molecule has 0 aliphatic rings. The zero-order chi connectivity index (χ0) is 12.7. The van der Waals surface area contributed by atoms with Gasteiger partial charge in [0, 0.05) is 10.5 Å². The van der Waals surface area contributed by atoms with Crippen LogP contribution in [0.2, 0.25) is 0 Å². The van der Waals surface area contributed by atoms with E-state index in [9.17, 15) is 0 Å². The van der Waals surface area contributed by atoms with Crippen LogP contribution in [0.5, 0.6) is 0 Å². The van der Waals surface area contributed by atoms with Gasteiger partial charge in [-0.25, -0.2) is 0 Å². The van der Waals surface area contributed by atoms with E-state index in [4.69, 9.17) is 0 Å². The van der Waals surface area contributed by atoms with Gasteiger partial charge in [0.15, 0.2) is 0 Å². The normalized spacial score (nSPS) is 14.6. The van der Waals surface area contributed by atoms with Crippen LogP contribution in [0.1, 0.15) is 51.1 Å². The lowest BCUT2D eigenvalue weighted by Crippen LogP contribution is -2.25. The van der Waals surface area contributed by atoms with E-state index >= 15 is 0 Å². The van der Waals surface area contributed by atoms with E-state index in [1.807, 2.05) is 0 Å². The van der Waals surface area contributed by atoms with Crippen molar-refractivity contribution in [2.45, 2.75) is 45.6 Å². The maximum atomic E-state index is 3.49. The zero-order valence-electron chi connectivity index (χ0n) is 11.2. The lowest BCUT2D eigenvalue weighted by molar-refractivity contribution is 0.339. The van der Waals surface area contributed by atoms with E-state index in [0.29, 0.717) is 6.04 Å². The van der Waals surface area contributed by atoms with Gasteiger partial charge < -0.3 is 5.32 Å². The minimum atomic E-state index is 0.486. The molecule has 0 heterocycles. The van der Waals surface area contributed by atoms with Gasteiger partial charge in [-0.3, -0.25) is 0 Å². The van der Waals surface area contributed by atoms with Gasteiger partial charge in [0.05, 0.1) is 0 Å². The number of halogens is 1. The zero-order valence-corrected chi connectivity index (χ0v) is 12.8. The van der Waals surface area contributed by atoms with Gasteiger partial charge >= 0.3 is 0 Å². The Bertz CT molecular complexity index is 307. The maximum absolute atomic E-state index is 3.49. The SMILES string of the molecule is CCCCC(CC)C(NC)c1ccc(Br)cc1. The van der Waals surface area contributed by atoms with Crippen LogP contribution in [0.4, 0.5) is 0 Å². The largest absolute Gasteiger partial charge is 0.313 e. The maximum Gasteiger partial charge on any atom is 0.0346 e. The van der Waals surface area contributed by atoms with Gasteiger partial charge in [-0.2, -0.15) is 0 Å². The minimum absolute atomic E-state index is 0.486. The van der Waals surface area contributed by atoms with Crippen molar-refractivity contribution in [3.8, 4) is 0 Å². The molecule has 1 nitrogen and oxygen atoms in total. The molecule has 1 aromatic carbocycles. The predicted molar refractivity (Wildman–Crippen MR) is 79.2 cm³/mol. The van der Waals surface area contributed by atoms with E-state index in [1.54, 1.807) is 0 Å². The van der Waals surface area contributed by atoms with Crippen LogP contribution in [0, 0.1) is 5.92 Å². The minimum Gasteiger partial charge on any atom is -0.313 e. The Labute approximate surface area is 114 Å². The Morgan fingerprint density at radius 3 is 2.29 bits per heavy atom. The summed E-state index contributed by atoms with van der Waals surface area (Å²) in [5, 5.41) is 3.48. The number of hydrogen-bond donors (Lipinski definition) is 1. The fourth-order valence-corrected chi connectivity index (χ4v) is 2.68. The molecule has 2 heteroatoms. The Morgan fingerprint density at radius 2 is 1.82 bits per heavy atom. The van der Waals surface area contributed by atoms with Crippen molar-refractivity contribution in [3.63, 3.8) is 0 Å². The van der Waals surface area contributed by atoms with Crippen molar-refractivity contribution in [1.29, 1.82) is 0 Å². The molecule has 0 fully saturated rings. The summed E-state index contributed by atoms with van der Waals surface area (Å²) in [6.45, 7) is 4.56. The van der Waals surface area contributed by atoms with Crippen molar-refractivity contribution in [2.24, 2.45) is 5.92 Å². The van der Waals surface area contributed by atoms with Gasteiger partial charge in [0.25, 0.3) is 0 Å². The predicted octanol–water partition coefficient (Wildman–Crippen LogP) is 4.93. The summed E-state index contributed by atoms with van der Waals surface area (Å²) >= 11 is 3.49. The number of benzene rings is 1. The fourth-order valence-electron chi connectivity index (χ4n) is 2.42. The molecule has 96 valence electrons. The number of nitrogens with one attached hydrogen (secondary N) is 1. The third-order valence-electron chi connectivity index (χ3n) is 3.46. The van der Waals surface area contributed by atoms with Crippen LogP contribution in [0.25, 0.3) is 0 Å². The van der Waals surface area contributed by atoms with Crippen LogP contribution in [-0.2, 0) is 0 Å². The van der Waals surface area contributed by atoms with E-state index < -0.39 is 0 Å². The molecular weight excluding hydrogens is 274 g/mol. The highest BCUT2D eigenvalue weighted by Gasteiger charge is 2.19. The number of hydrogen-bond acceptors (Lipinski definition) is 1. The molecule has 0 radical (unpaired) electrons. The van der Waals surface area contributed by atoms with Crippen molar-refractivity contribution >= 4 is 15.9 Å². The van der Waals surface area contributed by atoms with Crippen LogP contribution < -0.4 is 5.32 Å². The third-order valence-corrected chi connectivity index (χ3v) is 3.99. The molecule has 1 N–H and O–H groups in total. The summed E-state index contributed by atoms with van der Waals surface area (Å²) < 4.78 is 1.15. The fraction of sp³-hybridized carbons (Fsp3) is 0.600. The first-order chi connectivity index (χ1) is 8.22. The second-order valence-electron chi connectivity index (χ2n) is 4.63. The van der Waals surface area contributed by atoms with Crippen molar-refractivity contribution < 1.29 is 0 Å². The standard InChI is InChI=1S/C15H24BrN/c1-4-6-7-12(5-2)15(17-3)13-8-10-14(16)11-9-13/h8-12,15,17H,4-7H2,1-3H3. The summed E-state index contributed by atoms with van der Waals surface area (Å²) in [6, 6.07) is 9.19. The van der Waals surface area contributed by atoms with Crippen molar-refractivity contribution in [1.82, 2.24) is 5.32 Å². The average molecular weight is 298 g/mol. The Hall–Kier alpha value is -0.340. The first-order valence-electron chi connectivity index (χ1n) is 6.65. The van der Waals surface area contributed by atoms with Crippen LogP contribution in [0.3, 0.4) is 0 Å². The van der Waals surface area contributed by atoms with E-state index in [0.717, 1.165) is 10.4 Å². The van der Waals surface area contributed by atoms with Gasteiger partial charge in [0.1, 0.15) is 0 Å². The molecule has 0 saturated heterocycles. The van der Waals surface area contributed by atoms with Crippen LogP contribution in [0.15, 0.2) is 28.7 Å². The second-order valence-corrected chi connectivity index (χ2v) is 5.54. The molecule has 0 aliphatic carbocycles. The summed E-state index contributed by atoms with van der Waals surface area (Å²) in [5.74, 6) is 0.737. The molecule has 1 aromatic rings. The summed E-state index contributed by atoms with van der Waals surface area (Å²) in [6.07, 6.45) is 5.16. The molecule has 0 aromatic heterocycles. The lowest BCUT2D eigenvalue weighted by Gasteiger charge is -2.26. The highest BCUT2D eigenvalue weighted by Crippen LogP contribution is 2.29. The smallest absolute Gasteiger partial charge is 0.0346 e. The molecule has 2 atom stereocenters. The second kappa shape index (κ2) is 7.88. The highest BCUT2D eigenvalue weighted by atomic mass is 79.9. The summed E-state index contributed by atoms with van der Waals surface area (Å²) in [5.41, 5.74) is 1.40. The molecular formula is C15H24BrN. The first kappa shape index (κ1) is 14.7.